The lowest BCUT2D eigenvalue weighted by molar-refractivity contribution is -0.121. The predicted molar refractivity (Wildman–Crippen MR) is 129 cm³/mol. The number of hydrogen-bond acceptors (Lipinski definition) is 4. The number of hydrogen-bond donors (Lipinski definition) is 1. The number of esters is 1. The van der Waals surface area contributed by atoms with Crippen LogP contribution in [0.3, 0.4) is 0 Å². The van der Waals surface area contributed by atoms with E-state index in [1.54, 1.807) is 25.1 Å². The van der Waals surface area contributed by atoms with E-state index in [2.05, 4.69) is 35.3 Å². The van der Waals surface area contributed by atoms with Gasteiger partial charge >= 0.3 is 5.97 Å². The zero-order valence-corrected chi connectivity index (χ0v) is 19.8. The number of carbonyl (C=O) groups excluding carboxylic acids is 2. The summed E-state index contributed by atoms with van der Waals surface area (Å²) < 4.78 is 5.01. The molecule has 2 aromatic carbocycles. The molecule has 0 aliphatic carbocycles. The van der Waals surface area contributed by atoms with Gasteiger partial charge in [-0.2, -0.15) is 0 Å². The zero-order valence-electron chi connectivity index (χ0n) is 19.0. The second-order valence-corrected chi connectivity index (χ2v) is 8.63. The molecule has 0 bridgehead atoms. The number of para-hydroxylation sites is 1. The number of halogens is 1. The van der Waals surface area contributed by atoms with E-state index in [4.69, 9.17) is 16.3 Å². The third kappa shape index (κ3) is 6.26. The summed E-state index contributed by atoms with van der Waals surface area (Å²) in [6.07, 6.45) is 5.69. The Bertz CT molecular complexity index is 925. The van der Waals surface area contributed by atoms with Crippen molar-refractivity contribution in [3.63, 3.8) is 0 Å². The number of piperidine rings is 1. The zero-order chi connectivity index (χ0) is 22.9. The summed E-state index contributed by atoms with van der Waals surface area (Å²) in [5.74, 6) is -0.495. The van der Waals surface area contributed by atoms with Gasteiger partial charge in [0.1, 0.15) is 0 Å². The second-order valence-electron chi connectivity index (χ2n) is 8.22. The highest BCUT2D eigenvalue weighted by Gasteiger charge is 2.22. The Labute approximate surface area is 196 Å². The number of benzene rings is 2. The first-order valence-electron chi connectivity index (χ1n) is 11.6. The normalized spacial score (nSPS) is 14.7. The van der Waals surface area contributed by atoms with Crippen molar-refractivity contribution in [2.24, 2.45) is 0 Å². The van der Waals surface area contributed by atoms with Crippen LogP contribution < -0.4 is 10.2 Å². The van der Waals surface area contributed by atoms with E-state index in [0.29, 0.717) is 22.8 Å². The Balaban J connectivity index is 1.73. The number of anilines is 1. The van der Waals surface area contributed by atoms with Gasteiger partial charge in [-0.15, -0.1) is 0 Å². The molecule has 0 radical (unpaired) electrons. The average Bonchev–Trinajstić information content (AvgIpc) is 2.81. The van der Waals surface area contributed by atoms with Crippen LogP contribution in [0.25, 0.3) is 0 Å². The van der Waals surface area contributed by atoms with Crippen molar-refractivity contribution in [2.75, 3.05) is 24.6 Å². The lowest BCUT2D eigenvalue weighted by Crippen LogP contribution is -2.34. The van der Waals surface area contributed by atoms with Crippen LogP contribution in [-0.4, -0.2) is 31.6 Å². The molecule has 1 amide bonds. The van der Waals surface area contributed by atoms with Crippen LogP contribution in [0.4, 0.5) is 5.69 Å². The molecule has 2 aromatic rings. The molecule has 1 unspecified atom stereocenters. The van der Waals surface area contributed by atoms with E-state index in [9.17, 15) is 9.59 Å². The summed E-state index contributed by atoms with van der Waals surface area (Å²) in [5, 5.41) is 3.63. The molecule has 1 aliphatic heterocycles. The molecule has 1 heterocycles. The second kappa shape index (κ2) is 11.9. The lowest BCUT2D eigenvalue weighted by Gasteiger charge is -2.32. The Hall–Kier alpha value is -2.53. The van der Waals surface area contributed by atoms with Crippen molar-refractivity contribution in [1.82, 2.24) is 5.32 Å². The molecule has 6 heteroatoms. The third-order valence-electron chi connectivity index (χ3n) is 5.84. The maximum atomic E-state index is 13.0. The number of carbonyl (C=O) groups is 2. The summed E-state index contributed by atoms with van der Waals surface area (Å²) in [6, 6.07) is 13.3. The molecular weight excluding hydrogens is 424 g/mol. The fourth-order valence-corrected chi connectivity index (χ4v) is 4.50. The van der Waals surface area contributed by atoms with Gasteiger partial charge < -0.3 is 15.0 Å². The molecule has 1 N–H and O–H groups in total. The Kier molecular flexibility index (Phi) is 8.98. The van der Waals surface area contributed by atoms with Gasteiger partial charge in [0.25, 0.3) is 0 Å². The van der Waals surface area contributed by atoms with Crippen molar-refractivity contribution >= 4 is 29.2 Å². The molecular formula is C26H33ClN2O3. The van der Waals surface area contributed by atoms with Crippen LogP contribution in [0, 0.1) is 0 Å². The van der Waals surface area contributed by atoms with Crippen molar-refractivity contribution in [1.29, 1.82) is 0 Å². The van der Waals surface area contributed by atoms with Gasteiger partial charge in [-0.3, -0.25) is 4.79 Å². The molecule has 32 heavy (non-hydrogen) atoms. The molecule has 1 aliphatic rings. The predicted octanol–water partition coefficient (Wildman–Crippen LogP) is 5.71. The van der Waals surface area contributed by atoms with Gasteiger partial charge in [-0.25, -0.2) is 4.79 Å². The minimum Gasteiger partial charge on any atom is -0.462 e. The Morgan fingerprint density at radius 1 is 1.09 bits per heavy atom. The van der Waals surface area contributed by atoms with Gasteiger partial charge in [-0.1, -0.05) is 49.2 Å². The molecule has 1 atom stereocenters. The van der Waals surface area contributed by atoms with E-state index in [1.807, 2.05) is 6.07 Å². The smallest absolute Gasteiger partial charge is 0.338 e. The Morgan fingerprint density at radius 2 is 1.84 bits per heavy atom. The van der Waals surface area contributed by atoms with E-state index in [0.717, 1.165) is 25.9 Å². The quantitative estimate of drug-likeness (QED) is 0.491. The van der Waals surface area contributed by atoms with Gasteiger partial charge in [0.05, 0.1) is 24.6 Å². The van der Waals surface area contributed by atoms with Crippen LogP contribution in [0.1, 0.15) is 73.5 Å². The first-order valence-corrected chi connectivity index (χ1v) is 12.0. The largest absolute Gasteiger partial charge is 0.462 e. The molecule has 3 rings (SSSR count). The fraction of sp³-hybridized carbons (Fsp3) is 0.462. The number of nitrogens with one attached hydrogen (secondary N) is 1. The Morgan fingerprint density at radius 3 is 2.53 bits per heavy atom. The average molecular weight is 457 g/mol. The topological polar surface area (TPSA) is 58.6 Å². The number of rotatable bonds is 9. The lowest BCUT2D eigenvalue weighted by atomic mass is 9.98. The van der Waals surface area contributed by atoms with E-state index >= 15 is 0 Å². The first-order chi connectivity index (χ1) is 15.5. The summed E-state index contributed by atoms with van der Waals surface area (Å²) in [7, 11) is 0. The van der Waals surface area contributed by atoms with Gasteiger partial charge in [0.2, 0.25) is 5.91 Å². The molecule has 0 saturated carbocycles. The number of amides is 1. The highest BCUT2D eigenvalue weighted by Crippen LogP contribution is 2.31. The van der Waals surface area contributed by atoms with E-state index < -0.39 is 5.97 Å². The molecule has 0 aromatic heterocycles. The maximum Gasteiger partial charge on any atom is 0.338 e. The van der Waals surface area contributed by atoms with Crippen molar-refractivity contribution in [2.45, 2.75) is 58.4 Å². The number of ether oxygens (including phenoxy) is 1. The van der Waals surface area contributed by atoms with Crippen LogP contribution >= 0.6 is 11.6 Å². The SMILES string of the molecule is CCCC(NC(=O)Cc1ccc(C(=O)OCC)cc1Cl)c1ccccc1N1CCCCC1. The van der Waals surface area contributed by atoms with Gasteiger partial charge in [-0.05, 0) is 61.9 Å². The van der Waals surface area contributed by atoms with Crippen molar-refractivity contribution in [3.05, 3.63) is 64.2 Å². The summed E-state index contributed by atoms with van der Waals surface area (Å²) in [6.45, 7) is 6.32. The summed E-state index contributed by atoms with van der Waals surface area (Å²) in [4.78, 5) is 27.3. The van der Waals surface area contributed by atoms with Crippen molar-refractivity contribution in [3.8, 4) is 0 Å². The molecule has 172 valence electrons. The maximum absolute atomic E-state index is 13.0. The first kappa shape index (κ1) is 24.1. The standard InChI is InChI=1S/C26H33ClN2O3/c1-3-10-23(21-11-6-7-12-24(21)29-15-8-5-9-16-29)28-25(30)18-19-13-14-20(17-22(19)27)26(31)32-4-2/h6-7,11-14,17,23H,3-5,8-10,15-16,18H2,1-2H3,(H,28,30). The minimum absolute atomic E-state index is 0.0526. The highest BCUT2D eigenvalue weighted by atomic mass is 35.5. The highest BCUT2D eigenvalue weighted by molar-refractivity contribution is 6.31. The summed E-state index contributed by atoms with van der Waals surface area (Å²) in [5.41, 5.74) is 3.48. The molecule has 1 fully saturated rings. The summed E-state index contributed by atoms with van der Waals surface area (Å²) >= 11 is 6.36. The number of nitrogens with zero attached hydrogens (tertiary/aromatic N) is 1. The monoisotopic (exact) mass is 456 g/mol. The van der Waals surface area contributed by atoms with E-state index in [-0.39, 0.29) is 18.4 Å². The third-order valence-corrected chi connectivity index (χ3v) is 6.19. The van der Waals surface area contributed by atoms with Crippen LogP contribution in [0.15, 0.2) is 42.5 Å². The van der Waals surface area contributed by atoms with Gasteiger partial charge in [0.15, 0.2) is 0 Å². The van der Waals surface area contributed by atoms with Crippen molar-refractivity contribution < 1.29 is 14.3 Å². The van der Waals surface area contributed by atoms with Crippen LogP contribution in [0.2, 0.25) is 5.02 Å². The van der Waals surface area contributed by atoms with Crippen LogP contribution in [0.5, 0.6) is 0 Å². The fourth-order valence-electron chi connectivity index (χ4n) is 4.25. The van der Waals surface area contributed by atoms with Crippen LogP contribution in [-0.2, 0) is 16.0 Å². The molecule has 5 nitrogen and oxygen atoms in total. The minimum atomic E-state index is -0.414. The van der Waals surface area contributed by atoms with E-state index in [1.165, 1.54) is 30.5 Å². The molecule has 1 saturated heterocycles. The molecule has 0 spiro atoms. The van der Waals surface area contributed by atoms with Gasteiger partial charge in [0, 0.05) is 23.8 Å².